The lowest BCUT2D eigenvalue weighted by Crippen LogP contribution is -2.08. The molecule has 3 heteroatoms. The number of rotatable bonds is 5. The maximum absolute atomic E-state index is 4.75. The SMILES string of the molecule is CCCNc1nc(CC)nc(-c2ccc(C)c(C)c2)c1C. The second-order valence-electron chi connectivity index (χ2n) is 5.54. The molecule has 0 radical (unpaired) electrons. The Hall–Kier alpha value is -1.90. The highest BCUT2D eigenvalue weighted by molar-refractivity contribution is 5.69. The summed E-state index contributed by atoms with van der Waals surface area (Å²) in [4.78, 5) is 9.38. The Morgan fingerprint density at radius 3 is 2.38 bits per heavy atom. The molecule has 1 N–H and O–H groups in total. The van der Waals surface area contributed by atoms with Gasteiger partial charge in [0.2, 0.25) is 0 Å². The molecule has 0 aliphatic carbocycles. The van der Waals surface area contributed by atoms with Crippen molar-refractivity contribution in [2.24, 2.45) is 0 Å². The smallest absolute Gasteiger partial charge is 0.133 e. The first kappa shape index (κ1) is 15.5. The molecular formula is C18H25N3. The zero-order valence-electron chi connectivity index (χ0n) is 13.7. The number of nitrogens with zero attached hydrogens (tertiary/aromatic N) is 2. The van der Waals surface area contributed by atoms with Crippen LogP contribution in [-0.2, 0) is 6.42 Å². The van der Waals surface area contributed by atoms with Crippen LogP contribution in [0.3, 0.4) is 0 Å². The topological polar surface area (TPSA) is 37.8 Å². The van der Waals surface area contributed by atoms with Gasteiger partial charge < -0.3 is 5.32 Å². The Morgan fingerprint density at radius 1 is 1.00 bits per heavy atom. The van der Waals surface area contributed by atoms with E-state index in [1.165, 1.54) is 16.7 Å². The van der Waals surface area contributed by atoms with Crippen molar-refractivity contribution in [3.05, 3.63) is 40.7 Å². The molecule has 21 heavy (non-hydrogen) atoms. The molecule has 0 aliphatic rings. The first-order valence-electron chi connectivity index (χ1n) is 7.75. The molecular weight excluding hydrogens is 258 g/mol. The maximum atomic E-state index is 4.75. The van der Waals surface area contributed by atoms with Gasteiger partial charge in [0.15, 0.2) is 0 Å². The molecule has 0 atom stereocenters. The Kier molecular flexibility index (Phi) is 4.94. The van der Waals surface area contributed by atoms with Crippen LogP contribution in [0.25, 0.3) is 11.3 Å². The number of anilines is 1. The molecule has 3 nitrogen and oxygen atoms in total. The number of aromatic nitrogens is 2. The summed E-state index contributed by atoms with van der Waals surface area (Å²) in [7, 11) is 0. The van der Waals surface area contributed by atoms with Crippen LogP contribution in [-0.4, -0.2) is 16.5 Å². The largest absolute Gasteiger partial charge is 0.370 e. The summed E-state index contributed by atoms with van der Waals surface area (Å²) in [6.45, 7) is 11.6. The molecule has 0 amide bonds. The summed E-state index contributed by atoms with van der Waals surface area (Å²) in [5.74, 6) is 1.87. The third-order valence-corrected chi connectivity index (χ3v) is 3.83. The molecule has 0 spiro atoms. The van der Waals surface area contributed by atoms with Crippen molar-refractivity contribution in [2.45, 2.75) is 47.5 Å². The van der Waals surface area contributed by atoms with E-state index < -0.39 is 0 Å². The molecule has 0 saturated heterocycles. The maximum Gasteiger partial charge on any atom is 0.133 e. The van der Waals surface area contributed by atoms with Gasteiger partial charge in [0, 0.05) is 24.1 Å². The highest BCUT2D eigenvalue weighted by Gasteiger charge is 2.12. The van der Waals surface area contributed by atoms with Gasteiger partial charge in [-0.3, -0.25) is 0 Å². The Morgan fingerprint density at radius 2 is 1.76 bits per heavy atom. The van der Waals surface area contributed by atoms with E-state index in [9.17, 15) is 0 Å². The average molecular weight is 283 g/mol. The van der Waals surface area contributed by atoms with Crippen LogP contribution in [0.5, 0.6) is 0 Å². The van der Waals surface area contributed by atoms with Crippen molar-refractivity contribution >= 4 is 5.82 Å². The van der Waals surface area contributed by atoms with Gasteiger partial charge in [-0.2, -0.15) is 0 Å². The van der Waals surface area contributed by atoms with Gasteiger partial charge in [-0.15, -0.1) is 0 Å². The van der Waals surface area contributed by atoms with Crippen molar-refractivity contribution in [2.75, 3.05) is 11.9 Å². The second kappa shape index (κ2) is 6.70. The Balaban J connectivity index is 2.52. The minimum atomic E-state index is 0.846. The van der Waals surface area contributed by atoms with E-state index in [-0.39, 0.29) is 0 Å². The molecule has 0 aliphatic heterocycles. The fraction of sp³-hybridized carbons (Fsp3) is 0.444. The van der Waals surface area contributed by atoms with E-state index in [4.69, 9.17) is 4.98 Å². The minimum absolute atomic E-state index is 0.846. The first-order valence-corrected chi connectivity index (χ1v) is 7.75. The molecule has 1 aromatic carbocycles. The molecule has 1 aromatic heterocycles. The normalized spacial score (nSPS) is 10.7. The van der Waals surface area contributed by atoms with Gasteiger partial charge in [-0.25, -0.2) is 9.97 Å². The van der Waals surface area contributed by atoms with Crippen molar-refractivity contribution in [3.8, 4) is 11.3 Å². The van der Waals surface area contributed by atoms with Crippen LogP contribution >= 0.6 is 0 Å². The number of benzene rings is 1. The number of hydrogen-bond acceptors (Lipinski definition) is 3. The van der Waals surface area contributed by atoms with E-state index in [1.54, 1.807) is 0 Å². The Bertz CT molecular complexity index is 633. The van der Waals surface area contributed by atoms with Crippen molar-refractivity contribution in [1.82, 2.24) is 9.97 Å². The molecule has 0 bridgehead atoms. The quantitative estimate of drug-likeness (QED) is 0.880. The van der Waals surface area contributed by atoms with E-state index in [0.29, 0.717) is 0 Å². The third-order valence-electron chi connectivity index (χ3n) is 3.83. The summed E-state index contributed by atoms with van der Waals surface area (Å²) in [5.41, 5.74) is 5.96. The lowest BCUT2D eigenvalue weighted by Gasteiger charge is -2.14. The molecule has 0 unspecified atom stereocenters. The second-order valence-corrected chi connectivity index (χ2v) is 5.54. The number of aryl methyl sites for hydroxylation is 3. The summed E-state index contributed by atoms with van der Waals surface area (Å²) < 4.78 is 0. The molecule has 0 saturated carbocycles. The fourth-order valence-corrected chi connectivity index (χ4v) is 2.31. The lowest BCUT2D eigenvalue weighted by atomic mass is 10.0. The summed E-state index contributed by atoms with van der Waals surface area (Å²) in [5, 5.41) is 3.42. The number of nitrogens with one attached hydrogen (secondary N) is 1. The number of hydrogen-bond donors (Lipinski definition) is 1. The first-order chi connectivity index (χ1) is 10.1. The zero-order chi connectivity index (χ0) is 15.4. The third kappa shape index (κ3) is 3.41. The predicted octanol–water partition coefficient (Wildman–Crippen LogP) is 4.45. The van der Waals surface area contributed by atoms with Crippen molar-refractivity contribution < 1.29 is 0 Å². The van der Waals surface area contributed by atoms with Crippen LogP contribution in [0, 0.1) is 20.8 Å². The van der Waals surface area contributed by atoms with Crippen LogP contribution < -0.4 is 5.32 Å². The monoisotopic (exact) mass is 283 g/mol. The zero-order valence-corrected chi connectivity index (χ0v) is 13.7. The highest BCUT2D eigenvalue weighted by atomic mass is 15.0. The highest BCUT2D eigenvalue weighted by Crippen LogP contribution is 2.27. The van der Waals surface area contributed by atoms with Gasteiger partial charge in [-0.05, 0) is 44.4 Å². The fourth-order valence-electron chi connectivity index (χ4n) is 2.31. The minimum Gasteiger partial charge on any atom is -0.370 e. The van der Waals surface area contributed by atoms with Gasteiger partial charge in [-0.1, -0.05) is 26.0 Å². The summed E-state index contributed by atoms with van der Waals surface area (Å²) in [6, 6.07) is 6.53. The van der Waals surface area contributed by atoms with Crippen LogP contribution in [0.1, 0.15) is 42.8 Å². The van der Waals surface area contributed by atoms with Gasteiger partial charge >= 0.3 is 0 Å². The van der Waals surface area contributed by atoms with Crippen molar-refractivity contribution in [3.63, 3.8) is 0 Å². The molecule has 1 heterocycles. The van der Waals surface area contributed by atoms with Crippen LogP contribution in [0.4, 0.5) is 5.82 Å². The van der Waals surface area contributed by atoms with E-state index >= 15 is 0 Å². The van der Waals surface area contributed by atoms with E-state index in [1.807, 2.05) is 0 Å². The standard InChI is InChI=1S/C18H25N3/c1-6-10-19-18-14(5)17(20-16(7-2)21-18)15-9-8-12(3)13(4)11-15/h8-9,11H,6-7,10H2,1-5H3,(H,19,20,21). The van der Waals surface area contributed by atoms with Gasteiger partial charge in [0.05, 0.1) is 5.69 Å². The van der Waals surface area contributed by atoms with Crippen LogP contribution in [0.15, 0.2) is 18.2 Å². The van der Waals surface area contributed by atoms with E-state index in [0.717, 1.165) is 42.3 Å². The Labute approximate surface area is 127 Å². The average Bonchev–Trinajstić information content (AvgIpc) is 2.49. The molecule has 2 rings (SSSR count). The van der Waals surface area contributed by atoms with Gasteiger partial charge in [0.25, 0.3) is 0 Å². The summed E-state index contributed by atoms with van der Waals surface area (Å²) >= 11 is 0. The van der Waals surface area contributed by atoms with Crippen LogP contribution in [0.2, 0.25) is 0 Å². The molecule has 0 fully saturated rings. The van der Waals surface area contributed by atoms with Gasteiger partial charge in [0.1, 0.15) is 11.6 Å². The van der Waals surface area contributed by atoms with Crippen molar-refractivity contribution in [1.29, 1.82) is 0 Å². The predicted molar refractivity (Wildman–Crippen MR) is 89.8 cm³/mol. The summed E-state index contributed by atoms with van der Waals surface area (Å²) in [6.07, 6.45) is 1.93. The molecule has 2 aromatic rings. The lowest BCUT2D eigenvalue weighted by molar-refractivity contribution is 0.911. The van der Waals surface area contributed by atoms with E-state index in [2.05, 4.69) is 63.1 Å². The molecule has 112 valence electrons.